The van der Waals surface area contributed by atoms with E-state index in [9.17, 15) is 5.11 Å². The van der Waals surface area contributed by atoms with Crippen molar-refractivity contribution in [1.82, 2.24) is 14.8 Å². The van der Waals surface area contributed by atoms with E-state index in [0.29, 0.717) is 23.8 Å². The summed E-state index contributed by atoms with van der Waals surface area (Å²) in [5.41, 5.74) is 1.76. The molecule has 0 amide bonds. The maximum Gasteiger partial charge on any atom is 0.174 e. The molecule has 0 bridgehead atoms. The third kappa shape index (κ3) is 3.51. The van der Waals surface area contributed by atoms with Crippen LogP contribution >= 0.6 is 15.9 Å². The van der Waals surface area contributed by atoms with Crippen LogP contribution in [0, 0.1) is 0 Å². The highest BCUT2D eigenvalue weighted by atomic mass is 79.9. The predicted octanol–water partition coefficient (Wildman–Crippen LogP) is 4.60. The smallest absolute Gasteiger partial charge is 0.174 e. The quantitative estimate of drug-likeness (QED) is 0.730. The molecule has 0 saturated carbocycles. The SMILES string of the molecule is CCn1nc(/C=C/c2ccc(Br)cc2)nc1-c1ccccc1O. The van der Waals surface area contributed by atoms with Gasteiger partial charge in [-0.25, -0.2) is 9.67 Å². The molecule has 1 heterocycles. The Morgan fingerprint density at radius 1 is 1.09 bits per heavy atom. The molecule has 0 spiro atoms. The first kappa shape index (κ1) is 15.5. The number of para-hydroxylation sites is 1. The average Bonchev–Trinajstić information content (AvgIpc) is 2.98. The van der Waals surface area contributed by atoms with Crippen molar-refractivity contribution >= 4 is 28.1 Å². The van der Waals surface area contributed by atoms with Gasteiger partial charge in [-0.05, 0) is 42.8 Å². The van der Waals surface area contributed by atoms with Crippen molar-refractivity contribution in [1.29, 1.82) is 0 Å². The van der Waals surface area contributed by atoms with Gasteiger partial charge in [-0.15, -0.1) is 0 Å². The summed E-state index contributed by atoms with van der Waals surface area (Å²) in [6, 6.07) is 15.2. The molecule has 0 fully saturated rings. The summed E-state index contributed by atoms with van der Waals surface area (Å²) in [7, 11) is 0. The Kier molecular flexibility index (Phi) is 4.57. The van der Waals surface area contributed by atoms with Crippen molar-refractivity contribution in [2.45, 2.75) is 13.5 Å². The van der Waals surface area contributed by atoms with Gasteiger partial charge in [-0.1, -0.05) is 46.3 Å². The Morgan fingerprint density at radius 3 is 2.52 bits per heavy atom. The van der Waals surface area contributed by atoms with Crippen LogP contribution in [0.4, 0.5) is 0 Å². The van der Waals surface area contributed by atoms with E-state index in [1.54, 1.807) is 16.8 Å². The second kappa shape index (κ2) is 6.79. The lowest BCUT2D eigenvalue weighted by molar-refractivity contribution is 0.476. The summed E-state index contributed by atoms with van der Waals surface area (Å²) < 4.78 is 2.83. The van der Waals surface area contributed by atoms with E-state index in [2.05, 4.69) is 26.0 Å². The first-order valence-corrected chi connectivity index (χ1v) is 8.13. The molecule has 0 aliphatic carbocycles. The largest absolute Gasteiger partial charge is 0.507 e. The van der Waals surface area contributed by atoms with Crippen LogP contribution in [0.3, 0.4) is 0 Å². The highest BCUT2D eigenvalue weighted by Gasteiger charge is 2.12. The summed E-state index contributed by atoms with van der Waals surface area (Å²) in [6.07, 6.45) is 3.84. The lowest BCUT2D eigenvalue weighted by Crippen LogP contribution is -1.99. The Balaban J connectivity index is 1.93. The van der Waals surface area contributed by atoms with Crippen LogP contribution in [0.5, 0.6) is 5.75 Å². The van der Waals surface area contributed by atoms with Crippen LogP contribution in [0.1, 0.15) is 18.3 Å². The van der Waals surface area contributed by atoms with Crippen LogP contribution < -0.4 is 0 Å². The fraction of sp³-hybridized carbons (Fsp3) is 0.111. The highest BCUT2D eigenvalue weighted by molar-refractivity contribution is 9.10. The molecule has 0 aliphatic heterocycles. The minimum absolute atomic E-state index is 0.207. The zero-order valence-corrected chi connectivity index (χ0v) is 14.2. The van der Waals surface area contributed by atoms with Gasteiger partial charge in [0.05, 0.1) is 5.56 Å². The number of phenolic OH excluding ortho intramolecular Hbond substituents is 1. The first-order chi connectivity index (χ1) is 11.2. The molecule has 0 unspecified atom stereocenters. The van der Waals surface area contributed by atoms with E-state index < -0.39 is 0 Å². The Bertz CT molecular complexity index is 838. The Labute approximate surface area is 143 Å². The summed E-state index contributed by atoms with van der Waals surface area (Å²) in [5.74, 6) is 1.49. The first-order valence-electron chi connectivity index (χ1n) is 7.34. The number of aromatic hydroxyl groups is 1. The standard InChI is InChI=1S/C18H16BrN3O/c1-2-22-18(15-5-3-4-6-16(15)23)20-17(21-22)12-9-13-7-10-14(19)11-8-13/h3-12,23H,2H2,1H3/b12-9+. The number of aromatic nitrogens is 3. The number of phenols is 1. The van der Waals surface area contributed by atoms with Gasteiger partial charge >= 0.3 is 0 Å². The molecular weight excluding hydrogens is 354 g/mol. The van der Waals surface area contributed by atoms with Gasteiger partial charge in [0.1, 0.15) is 5.75 Å². The number of rotatable bonds is 4. The van der Waals surface area contributed by atoms with Crippen LogP contribution in [0.25, 0.3) is 23.5 Å². The third-order valence-corrected chi connectivity index (χ3v) is 3.96. The number of nitrogens with zero attached hydrogens (tertiary/aromatic N) is 3. The predicted molar refractivity (Wildman–Crippen MR) is 95.9 cm³/mol. The van der Waals surface area contributed by atoms with Crippen molar-refractivity contribution in [3.05, 3.63) is 64.4 Å². The molecule has 0 radical (unpaired) electrons. The Hall–Kier alpha value is -2.40. The van der Waals surface area contributed by atoms with Crippen molar-refractivity contribution in [2.24, 2.45) is 0 Å². The minimum Gasteiger partial charge on any atom is -0.507 e. The molecule has 3 aromatic rings. The van der Waals surface area contributed by atoms with Gasteiger partial charge in [0.15, 0.2) is 11.6 Å². The van der Waals surface area contributed by atoms with E-state index in [4.69, 9.17) is 0 Å². The van der Waals surface area contributed by atoms with Gasteiger partial charge in [0.25, 0.3) is 0 Å². The number of aryl methyl sites for hydroxylation is 1. The van der Waals surface area contributed by atoms with Crippen molar-refractivity contribution < 1.29 is 5.11 Å². The molecule has 1 aromatic heterocycles. The van der Waals surface area contributed by atoms with E-state index in [1.807, 2.05) is 55.5 Å². The lowest BCUT2D eigenvalue weighted by atomic mass is 10.2. The lowest BCUT2D eigenvalue weighted by Gasteiger charge is -2.04. The molecule has 3 rings (SSSR count). The molecular formula is C18H16BrN3O. The van der Waals surface area contributed by atoms with Gasteiger partial charge in [0, 0.05) is 11.0 Å². The van der Waals surface area contributed by atoms with Crippen molar-refractivity contribution in [3.63, 3.8) is 0 Å². The highest BCUT2D eigenvalue weighted by Crippen LogP contribution is 2.27. The topological polar surface area (TPSA) is 50.9 Å². The molecule has 0 saturated heterocycles. The molecule has 0 aliphatic rings. The number of benzene rings is 2. The molecule has 4 nitrogen and oxygen atoms in total. The van der Waals surface area contributed by atoms with Gasteiger partial charge < -0.3 is 5.11 Å². The van der Waals surface area contributed by atoms with Crippen LogP contribution in [0.15, 0.2) is 53.0 Å². The minimum atomic E-state index is 0.207. The van der Waals surface area contributed by atoms with E-state index >= 15 is 0 Å². The second-order valence-electron chi connectivity index (χ2n) is 5.01. The van der Waals surface area contributed by atoms with Crippen LogP contribution in [-0.4, -0.2) is 19.9 Å². The zero-order valence-electron chi connectivity index (χ0n) is 12.6. The molecule has 2 aromatic carbocycles. The Morgan fingerprint density at radius 2 is 1.83 bits per heavy atom. The van der Waals surface area contributed by atoms with Gasteiger partial charge in [-0.2, -0.15) is 5.10 Å². The summed E-state index contributed by atoms with van der Waals surface area (Å²) in [4.78, 5) is 4.54. The molecule has 5 heteroatoms. The van der Waals surface area contributed by atoms with Gasteiger partial charge in [0.2, 0.25) is 0 Å². The van der Waals surface area contributed by atoms with Crippen molar-refractivity contribution in [2.75, 3.05) is 0 Å². The van der Waals surface area contributed by atoms with Crippen LogP contribution in [-0.2, 0) is 6.54 Å². The summed E-state index contributed by atoms with van der Waals surface area (Å²) >= 11 is 3.42. The normalized spacial score (nSPS) is 11.2. The zero-order chi connectivity index (χ0) is 16.2. The maximum absolute atomic E-state index is 10.0. The fourth-order valence-corrected chi connectivity index (χ4v) is 2.52. The molecule has 0 atom stereocenters. The van der Waals surface area contributed by atoms with Crippen LogP contribution in [0.2, 0.25) is 0 Å². The summed E-state index contributed by atoms with van der Waals surface area (Å²) in [5, 5.41) is 14.5. The number of hydrogen-bond acceptors (Lipinski definition) is 3. The van der Waals surface area contributed by atoms with E-state index in [0.717, 1.165) is 10.0 Å². The summed E-state index contributed by atoms with van der Waals surface area (Å²) in [6.45, 7) is 2.68. The van der Waals surface area contributed by atoms with E-state index in [1.165, 1.54) is 0 Å². The average molecular weight is 370 g/mol. The van der Waals surface area contributed by atoms with Crippen molar-refractivity contribution in [3.8, 4) is 17.1 Å². The number of halogens is 1. The second-order valence-corrected chi connectivity index (χ2v) is 5.93. The third-order valence-electron chi connectivity index (χ3n) is 3.43. The molecule has 1 N–H and O–H groups in total. The molecule has 23 heavy (non-hydrogen) atoms. The monoisotopic (exact) mass is 369 g/mol. The van der Waals surface area contributed by atoms with Gasteiger partial charge in [-0.3, -0.25) is 0 Å². The maximum atomic E-state index is 10.0. The molecule has 116 valence electrons. The van der Waals surface area contributed by atoms with E-state index in [-0.39, 0.29) is 5.75 Å². The fourth-order valence-electron chi connectivity index (χ4n) is 2.26. The number of hydrogen-bond donors (Lipinski definition) is 1.